The molecule has 1 amide bonds. The van der Waals surface area contributed by atoms with Crippen molar-refractivity contribution in [2.45, 2.75) is 122 Å². The fourth-order valence-corrected chi connectivity index (χ4v) is 3.88. The van der Waals surface area contributed by atoms with E-state index < -0.39 is 42.7 Å². The molecule has 0 heterocycles. The summed E-state index contributed by atoms with van der Waals surface area (Å²) in [6.07, 6.45) is 17.0. The lowest BCUT2D eigenvalue weighted by atomic mass is 9.96. The molecule has 6 N–H and O–H groups in total. The number of nitrogens with two attached hydrogens (primary N) is 1. The Labute approximate surface area is 219 Å². The number of aliphatic hydroxyl groups excluding tert-OH is 3. The van der Waals surface area contributed by atoms with Crippen LogP contribution in [0.1, 0.15) is 104 Å². The van der Waals surface area contributed by atoms with Crippen LogP contribution in [0.25, 0.3) is 0 Å². The van der Waals surface area contributed by atoms with Gasteiger partial charge in [-0.15, -0.1) is 0 Å². The third kappa shape index (κ3) is 17.9. The minimum absolute atomic E-state index is 0.00283. The summed E-state index contributed by atoms with van der Waals surface area (Å²) in [7, 11) is 0. The maximum atomic E-state index is 12.4. The Kier molecular flexibility index (Phi) is 21.8. The Balaban J connectivity index is 3.98. The predicted octanol–water partition coefficient (Wildman–Crippen LogP) is 3.61. The number of hydrogen-bond donors (Lipinski definition) is 5. The molecule has 0 aromatic rings. The third-order valence-electron chi connectivity index (χ3n) is 6.52. The van der Waals surface area contributed by atoms with Gasteiger partial charge in [-0.25, -0.2) is 0 Å². The van der Waals surface area contributed by atoms with E-state index in [0.717, 1.165) is 12.8 Å². The standard InChI is InChI=1S/C28H54N2O6/c1-4-5-6-7-8-9-10-11-12-13-14-15-16-17-25(32)24(29)18-19-36-28(35)23(22(2)3)20-30-27(34)26(33)21-31/h16-17,22-26,31-33H,4-15,18-21,29H2,1-3H3,(H,30,34)/b17-16+. The molecule has 0 aliphatic carbocycles. The average molecular weight is 515 g/mol. The Bertz CT molecular complexity index is 584. The van der Waals surface area contributed by atoms with E-state index >= 15 is 0 Å². The van der Waals surface area contributed by atoms with Gasteiger partial charge in [-0.05, 0) is 25.2 Å². The smallest absolute Gasteiger partial charge is 0.310 e. The quantitative estimate of drug-likeness (QED) is 0.0796. The maximum absolute atomic E-state index is 12.4. The normalized spacial score (nSPS) is 15.1. The zero-order valence-electron chi connectivity index (χ0n) is 23.0. The van der Waals surface area contributed by atoms with Crippen LogP contribution in [0.5, 0.6) is 0 Å². The largest absolute Gasteiger partial charge is 0.465 e. The van der Waals surface area contributed by atoms with E-state index in [2.05, 4.69) is 12.2 Å². The molecule has 0 saturated heterocycles. The number of hydrogen-bond acceptors (Lipinski definition) is 7. The number of amides is 1. The van der Waals surface area contributed by atoms with Crippen LogP contribution in [0, 0.1) is 11.8 Å². The maximum Gasteiger partial charge on any atom is 0.310 e. The molecular weight excluding hydrogens is 460 g/mol. The topological polar surface area (TPSA) is 142 Å². The van der Waals surface area contributed by atoms with Gasteiger partial charge in [0.1, 0.15) is 0 Å². The molecule has 0 fully saturated rings. The molecule has 212 valence electrons. The summed E-state index contributed by atoms with van der Waals surface area (Å²) < 4.78 is 5.31. The number of allylic oxidation sites excluding steroid dienone is 1. The van der Waals surface area contributed by atoms with Crippen molar-refractivity contribution >= 4 is 11.9 Å². The second-order valence-electron chi connectivity index (χ2n) is 10.2. The molecule has 0 radical (unpaired) electrons. The van der Waals surface area contributed by atoms with Gasteiger partial charge in [0.15, 0.2) is 6.10 Å². The van der Waals surface area contributed by atoms with Crippen molar-refractivity contribution in [3.05, 3.63) is 12.2 Å². The molecule has 8 heteroatoms. The molecule has 0 spiro atoms. The highest BCUT2D eigenvalue weighted by molar-refractivity contribution is 5.81. The van der Waals surface area contributed by atoms with Crippen LogP contribution < -0.4 is 11.1 Å². The predicted molar refractivity (Wildman–Crippen MR) is 144 cm³/mol. The van der Waals surface area contributed by atoms with E-state index in [1.54, 1.807) is 6.08 Å². The van der Waals surface area contributed by atoms with Crippen molar-refractivity contribution in [1.29, 1.82) is 0 Å². The van der Waals surface area contributed by atoms with E-state index in [1.807, 2.05) is 19.9 Å². The molecule has 0 saturated carbocycles. The van der Waals surface area contributed by atoms with E-state index in [1.165, 1.54) is 64.2 Å². The van der Waals surface area contributed by atoms with Gasteiger partial charge < -0.3 is 31.1 Å². The summed E-state index contributed by atoms with van der Waals surface area (Å²) in [6, 6.07) is -0.539. The summed E-state index contributed by atoms with van der Waals surface area (Å²) in [5.74, 6) is -1.90. The molecule has 4 atom stereocenters. The van der Waals surface area contributed by atoms with Crippen molar-refractivity contribution in [1.82, 2.24) is 5.32 Å². The lowest BCUT2D eigenvalue weighted by molar-refractivity contribution is -0.150. The Morgan fingerprint density at radius 1 is 0.944 bits per heavy atom. The second-order valence-corrected chi connectivity index (χ2v) is 10.2. The number of ether oxygens (including phenoxy) is 1. The molecule has 4 unspecified atom stereocenters. The van der Waals surface area contributed by atoms with Crippen LogP contribution in [0.3, 0.4) is 0 Å². The number of esters is 1. The van der Waals surface area contributed by atoms with Gasteiger partial charge in [0.2, 0.25) is 0 Å². The van der Waals surface area contributed by atoms with Crippen molar-refractivity contribution in [3.63, 3.8) is 0 Å². The first-order valence-corrected chi connectivity index (χ1v) is 14.1. The van der Waals surface area contributed by atoms with E-state index in [4.69, 9.17) is 15.6 Å². The minimum atomic E-state index is -1.52. The monoisotopic (exact) mass is 514 g/mol. The highest BCUT2D eigenvalue weighted by Gasteiger charge is 2.26. The molecule has 0 aromatic heterocycles. The Hall–Kier alpha value is -1.48. The first-order chi connectivity index (χ1) is 17.2. The molecule has 36 heavy (non-hydrogen) atoms. The second kappa shape index (κ2) is 22.7. The lowest BCUT2D eigenvalue weighted by Gasteiger charge is -2.21. The van der Waals surface area contributed by atoms with E-state index in [9.17, 15) is 19.8 Å². The molecule has 0 rings (SSSR count). The van der Waals surface area contributed by atoms with Crippen LogP contribution in [0.15, 0.2) is 12.2 Å². The van der Waals surface area contributed by atoms with E-state index in [-0.39, 0.29) is 19.1 Å². The number of nitrogens with one attached hydrogen (secondary N) is 1. The molecule has 0 bridgehead atoms. The van der Waals surface area contributed by atoms with Gasteiger partial charge >= 0.3 is 5.97 Å². The van der Waals surface area contributed by atoms with Gasteiger partial charge in [-0.3, -0.25) is 9.59 Å². The van der Waals surface area contributed by atoms with Crippen LogP contribution in [-0.4, -0.2) is 65.2 Å². The first-order valence-electron chi connectivity index (χ1n) is 14.1. The summed E-state index contributed by atoms with van der Waals surface area (Å²) in [5, 5.41) is 30.8. The fourth-order valence-electron chi connectivity index (χ4n) is 3.88. The summed E-state index contributed by atoms with van der Waals surface area (Å²) in [6.45, 7) is 5.29. The van der Waals surface area contributed by atoms with Crippen LogP contribution >= 0.6 is 0 Å². The first kappa shape index (κ1) is 34.5. The van der Waals surface area contributed by atoms with Crippen molar-refractivity contribution < 1.29 is 29.6 Å². The SMILES string of the molecule is CCCCCCCCCCCCC/C=C/C(O)C(N)CCOC(=O)C(CNC(=O)C(O)CO)C(C)C. The average Bonchev–Trinajstić information content (AvgIpc) is 2.85. The van der Waals surface area contributed by atoms with Crippen LogP contribution in [-0.2, 0) is 14.3 Å². The van der Waals surface area contributed by atoms with Crippen molar-refractivity contribution in [3.8, 4) is 0 Å². The van der Waals surface area contributed by atoms with Gasteiger partial charge in [0, 0.05) is 12.6 Å². The van der Waals surface area contributed by atoms with E-state index in [0.29, 0.717) is 6.42 Å². The summed E-state index contributed by atoms with van der Waals surface area (Å²) in [4.78, 5) is 24.0. The molecule has 8 nitrogen and oxygen atoms in total. The number of unbranched alkanes of at least 4 members (excludes halogenated alkanes) is 11. The van der Waals surface area contributed by atoms with Gasteiger partial charge in [-0.2, -0.15) is 0 Å². The van der Waals surface area contributed by atoms with Gasteiger partial charge in [0.05, 0.1) is 25.2 Å². The number of rotatable bonds is 23. The molecule has 0 aliphatic heterocycles. The molecule has 0 aromatic carbocycles. The number of aliphatic hydroxyl groups is 3. The van der Waals surface area contributed by atoms with Crippen LogP contribution in [0.4, 0.5) is 0 Å². The van der Waals surface area contributed by atoms with Gasteiger partial charge in [-0.1, -0.05) is 97.1 Å². The third-order valence-corrected chi connectivity index (χ3v) is 6.52. The Morgan fingerprint density at radius 2 is 1.50 bits per heavy atom. The summed E-state index contributed by atoms with van der Waals surface area (Å²) >= 11 is 0. The lowest BCUT2D eigenvalue weighted by Crippen LogP contribution is -2.42. The summed E-state index contributed by atoms with van der Waals surface area (Å²) in [5.41, 5.74) is 6.03. The zero-order chi connectivity index (χ0) is 27.2. The van der Waals surface area contributed by atoms with Crippen molar-refractivity contribution in [2.24, 2.45) is 17.6 Å². The highest BCUT2D eigenvalue weighted by atomic mass is 16.5. The molecule has 0 aliphatic rings. The minimum Gasteiger partial charge on any atom is -0.465 e. The van der Waals surface area contributed by atoms with Crippen molar-refractivity contribution in [2.75, 3.05) is 19.8 Å². The highest BCUT2D eigenvalue weighted by Crippen LogP contribution is 2.14. The molecular formula is C28H54N2O6. The number of carbonyl (C=O) groups excluding carboxylic acids is 2. The van der Waals surface area contributed by atoms with Crippen LogP contribution in [0.2, 0.25) is 0 Å². The Morgan fingerprint density at radius 3 is 2.03 bits per heavy atom. The number of carbonyl (C=O) groups is 2. The van der Waals surface area contributed by atoms with Gasteiger partial charge in [0.25, 0.3) is 5.91 Å². The zero-order valence-corrected chi connectivity index (χ0v) is 23.0. The fraction of sp³-hybridized carbons (Fsp3) is 0.857.